The summed E-state index contributed by atoms with van der Waals surface area (Å²) in [6.07, 6.45) is 8.63. The zero-order chi connectivity index (χ0) is 15.6. The largest absolute Gasteiger partial charge is 0.361 e. The van der Waals surface area contributed by atoms with Crippen molar-refractivity contribution >= 4 is 10.9 Å². The molecule has 0 atom stereocenters. The van der Waals surface area contributed by atoms with Crippen molar-refractivity contribution in [3.05, 3.63) is 35.8 Å². The Balaban J connectivity index is 0.00000113. The van der Waals surface area contributed by atoms with Crippen LogP contribution in [0.5, 0.6) is 0 Å². The molecule has 140 valence electrons. The second-order valence-corrected chi connectivity index (χ2v) is 7.15. The first-order valence-electron chi connectivity index (χ1n) is 9.01. The van der Waals surface area contributed by atoms with Gasteiger partial charge in [-0.3, -0.25) is 9.80 Å². The van der Waals surface area contributed by atoms with Crippen molar-refractivity contribution in [2.45, 2.75) is 52.9 Å². The van der Waals surface area contributed by atoms with Crippen LogP contribution < -0.4 is 0 Å². The summed E-state index contributed by atoms with van der Waals surface area (Å²) in [5.74, 6) is 0.439. The highest BCUT2D eigenvalue weighted by atomic mass is 19.1. The molecule has 0 saturated carbocycles. The van der Waals surface area contributed by atoms with Gasteiger partial charge in [-0.15, -0.1) is 0 Å². The van der Waals surface area contributed by atoms with Crippen molar-refractivity contribution in [2.24, 2.45) is 0 Å². The molecule has 1 N–H and O–H groups in total. The Bertz CT molecular complexity index is 652. The third kappa shape index (κ3) is 4.42. The number of aromatic amines is 1. The van der Waals surface area contributed by atoms with Gasteiger partial charge in [-0.1, -0.05) is 21.3 Å². The van der Waals surface area contributed by atoms with E-state index in [0.29, 0.717) is 5.92 Å². The fourth-order valence-corrected chi connectivity index (χ4v) is 4.23. The number of likely N-dealkylation sites (tertiary alicyclic amines) is 2. The average molecular weight is 348 g/mol. The maximum absolute atomic E-state index is 13.3. The molecular weight excluding hydrogens is 313 g/mol. The summed E-state index contributed by atoms with van der Waals surface area (Å²) in [5, 5.41) is 1.20. The van der Waals surface area contributed by atoms with E-state index in [1.54, 1.807) is 12.1 Å². The van der Waals surface area contributed by atoms with Crippen LogP contribution in [0.2, 0.25) is 0 Å². The maximum atomic E-state index is 13.3. The predicted octanol–water partition coefficient (Wildman–Crippen LogP) is 5.20. The highest BCUT2D eigenvalue weighted by molar-refractivity contribution is 5.83. The average Bonchev–Trinajstić information content (AvgIpc) is 2.99. The topological polar surface area (TPSA) is 22.3 Å². The van der Waals surface area contributed by atoms with Crippen LogP contribution in [0.25, 0.3) is 10.9 Å². The molecule has 2 saturated heterocycles. The van der Waals surface area contributed by atoms with Gasteiger partial charge >= 0.3 is 0 Å². The van der Waals surface area contributed by atoms with E-state index in [9.17, 15) is 4.39 Å². The van der Waals surface area contributed by atoms with Gasteiger partial charge in [0.15, 0.2) is 0 Å². The number of nitrogens with zero attached hydrogens (tertiary/aromatic N) is 2. The standard InChI is InChI=1S/C19H26FN3.2CH4/c20-16-4-5-17-18(13-21-19(17)12-16)15-6-10-23(11-7-15)14-22-8-2-1-3-9-22;;/h4-5,12-13,15,21H,1-3,6-11,14H2;2*1H4. The van der Waals surface area contributed by atoms with Gasteiger partial charge in [-0.25, -0.2) is 4.39 Å². The van der Waals surface area contributed by atoms with Crippen LogP contribution >= 0.6 is 0 Å². The molecule has 25 heavy (non-hydrogen) atoms. The normalized spacial score (nSPS) is 20.2. The molecule has 2 aliphatic rings. The highest BCUT2D eigenvalue weighted by Gasteiger charge is 2.24. The van der Waals surface area contributed by atoms with Crippen LogP contribution in [0.15, 0.2) is 24.4 Å². The molecule has 4 heteroatoms. The van der Waals surface area contributed by atoms with E-state index in [2.05, 4.69) is 21.0 Å². The fraction of sp³-hybridized carbons (Fsp3) is 0.619. The summed E-state index contributed by atoms with van der Waals surface area (Å²) in [4.78, 5) is 8.46. The summed E-state index contributed by atoms with van der Waals surface area (Å²) in [7, 11) is 0. The van der Waals surface area contributed by atoms with Crippen LogP contribution in [-0.4, -0.2) is 47.6 Å². The van der Waals surface area contributed by atoms with Gasteiger partial charge in [0, 0.05) is 17.1 Å². The Hall–Kier alpha value is -1.39. The van der Waals surface area contributed by atoms with E-state index >= 15 is 0 Å². The van der Waals surface area contributed by atoms with Gasteiger partial charge in [0.2, 0.25) is 0 Å². The third-order valence-electron chi connectivity index (χ3n) is 5.55. The molecule has 3 heterocycles. The van der Waals surface area contributed by atoms with Crippen molar-refractivity contribution in [1.82, 2.24) is 14.8 Å². The smallest absolute Gasteiger partial charge is 0.125 e. The number of halogens is 1. The van der Waals surface area contributed by atoms with Crippen LogP contribution in [-0.2, 0) is 0 Å². The van der Waals surface area contributed by atoms with Gasteiger partial charge in [0.05, 0.1) is 6.67 Å². The molecular formula is C21H34FN3. The quantitative estimate of drug-likeness (QED) is 0.824. The van der Waals surface area contributed by atoms with E-state index in [0.717, 1.165) is 12.2 Å². The zero-order valence-corrected chi connectivity index (χ0v) is 13.7. The molecule has 2 aromatic rings. The number of H-pyrrole nitrogens is 1. The first kappa shape index (κ1) is 19.9. The lowest BCUT2D eigenvalue weighted by molar-refractivity contribution is 0.0928. The van der Waals surface area contributed by atoms with Crippen molar-refractivity contribution < 1.29 is 4.39 Å². The van der Waals surface area contributed by atoms with Crippen molar-refractivity contribution in [2.75, 3.05) is 32.8 Å². The van der Waals surface area contributed by atoms with Crippen LogP contribution in [0, 0.1) is 5.82 Å². The number of benzene rings is 1. The highest BCUT2D eigenvalue weighted by Crippen LogP contribution is 2.33. The summed E-state index contributed by atoms with van der Waals surface area (Å²) in [6, 6.07) is 5.10. The molecule has 1 aromatic carbocycles. The number of nitrogens with one attached hydrogen (secondary N) is 1. The van der Waals surface area contributed by atoms with Crippen molar-refractivity contribution in [1.29, 1.82) is 0 Å². The molecule has 0 aliphatic carbocycles. The molecule has 0 amide bonds. The number of fused-ring (bicyclic) bond motifs is 1. The summed E-state index contributed by atoms with van der Waals surface area (Å²) >= 11 is 0. The van der Waals surface area contributed by atoms with E-state index in [4.69, 9.17) is 0 Å². The van der Waals surface area contributed by atoms with Gasteiger partial charge in [-0.2, -0.15) is 0 Å². The fourth-order valence-electron chi connectivity index (χ4n) is 4.23. The predicted molar refractivity (Wildman–Crippen MR) is 106 cm³/mol. The van der Waals surface area contributed by atoms with Crippen LogP contribution in [0.1, 0.15) is 58.4 Å². The lowest BCUT2D eigenvalue weighted by atomic mass is 9.89. The minimum Gasteiger partial charge on any atom is -0.361 e. The number of piperidine rings is 2. The van der Waals surface area contributed by atoms with E-state index in [-0.39, 0.29) is 20.7 Å². The Morgan fingerprint density at radius 1 is 0.960 bits per heavy atom. The molecule has 4 rings (SSSR count). The first-order chi connectivity index (χ1) is 11.3. The monoisotopic (exact) mass is 347 g/mol. The van der Waals surface area contributed by atoms with Crippen LogP contribution in [0.3, 0.4) is 0 Å². The van der Waals surface area contributed by atoms with Crippen molar-refractivity contribution in [3.8, 4) is 0 Å². The Labute approximate surface area is 152 Å². The lowest BCUT2D eigenvalue weighted by Gasteiger charge is -2.37. The minimum absolute atomic E-state index is 0. The number of aromatic nitrogens is 1. The Morgan fingerprint density at radius 3 is 2.36 bits per heavy atom. The summed E-state index contributed by atoms with van der Waals surface area (Å²) in [5.41, 5.74) is 2.30. The molecule has 1 aromatic heterocycles. The minimum atomic E-state index is -0.165. The van der Waals surface area contributed by atoms with E-state index in [1.165, 1.54) is 69.2 Å². The Kier molecular flexibility index (Phi) is 7.03. The molecule has 0 spiro atoms. The van der Waals surface area contributed by atoms with E-state index in [1.807, 2.05) is 6.07 Å². The second-order valence-electron chi connectivity index (χ2n) is 7.15. The maximum Gasteiger partial charge on any atom is 0.125 e. The Morgan fingerprint density at radius 2 is 1.64 bits per heavy atom. The summed E-state index contributed by atoms with van der Waals surface area (Å²) < 4.78 is 13.3. The van der Waals surface area contributed by atoms with Gasteiger partial charge in [0.25, 0.3) is 0 Å². The zero-order valence-electron chi connectivity index (χ0n) is 13.7. The number of rotatable bonds is 3. The first-order valence-corrected chi connectivity index (χ1v) is 9.01. The molecule has 2 fully saturated rings. The molecule has 0 unspecified atom stereocenters. The third-order valence-corrected chi connectivity index (χ3v) is 5.55. The SMILES string of the molecule is C.C.Fc1ccc2c(C3CCN(CN4CCCCC4)CC3)c[nH]c2c1. The molecule has 0 bridgehead atoms. The number of hydrogen-bond donors (Lipinski definition) is 1. The second kappa shape index (κ2) is 8.81. The molecule has 2 aliphatic heterocycles. The van der Waals surface area contributed by atoms with Gasteiger partial charge < -0.3 is 4.98 Å². The van der Waals surface area contributed by atoms with Gasteiger partial charge in [-0.05, 0) is 81.5 Å². The lowest BCUT2D eigenvalue weighted by Crippen LogP contribution is -2.43. The van der Waals surface area contributed by atoms with E-state index < -0.39 is 0 Å². The number of hydrogen-bond acceptors (Lipinski definition) is 2. The molecule has 0 radical (unpaired) electrons. The molecule has 3 nitrogen and oxygen atoms in total. The van der Waals surface area contributed by atoms with Crippen LogP contribution in [0.4, 0.5) is 4.39 Å². The van der Waals surface area contributed by atoms with Crippen molar-refractivity contribution in [3.63, 3.8) is 0 Å². The van der Waals surface area contributed by atoms with Gasteiger partial charge in [0.1, 0.15) is 5.82 Å². The summed E-state index contributed by atoms with van der Waals surface area (Å²) in [6.45, 7) is 6.04.